The van der Waals surface area contributed by atoms with Gasteiger partial charge in [-0.05, 0) is 12.5 Å². The topological polar surface area (TPSA) is 139 Å². The molecule has 1 aromatic rings. The van der Waals surface area contributed by atoms with Gasteiger partial charge in [0.15, 0.2) is 4.90 Å². The lowest BCUT2D eigenvalue weighted by Gasteiger charge is -2.09. The Bertz CT molecular complexity index is 628. The Morgan fingerprint density at radius 2 is 2.10 bits per heavy atom. The zero-order valence-corrected chi connectivity index (χ0v) is 11.3. The van der Waals surface area contributed by atoms with Gasteiger partial charge in [0.05, 0.1) is 4.92 Å². The highest BCUT2D eigenvalue weighted by atomic mass is 32.2. The minimum atomic E-state index is -4.23. The van der Waals surface area contributed by atoms with Crippen LogP contribution in [0.4, 0.5) is 5.69 Å². The molecule has 3 N–H and O–H groups in total. The molecule has 0 heterocycles. The number of para-hydroxylation sites is 1. The van der Waals surface area contributed by atoms with Crippen LogP contribution >= 0.6 is 0 Å². The van der Waals surface area contributed by atoms with Crippen molar-refractivity contribution >= 4 is 21.7 Å². The summed E-state index contributed by atoms with van der Waals surface area (Å²) in [5.74, 6) is -1.27. The van der Waals surface area contributed by atoms with E-state index in [4.69, 9.17) is 5.11 Å². The molecule has 1 aromatic carbocycles. The third kappa shape index (κ3) is 3.73. The summed E-state index contributed by atoms with van der Waals surface area (Å²) in [6.07, 6.45) is 0.294. The van der Waals surface area contributed by atoms with Gasteiger partial charge in [0, 0.05) is 5.56 Å². The first-order valence-corrected chi connectivity index (χ1v) is 7.00. The van der Waals surface area contributed by atoms with E-state index in [9.17, 15) is 23.3 Å². The lowest BCUT2D eigenvalue weighted by atomic mass is 10.1. The highest BCUT2D eigenvalue weighted by molar-refractivity contribution is 7.89. The van der Waals surface area contributed by atoms with E-state index in [-0.39, 0.29) is 5.56 Å². The molecular formula is C10H13N3O6S. The number of carboxylic acids is 1. The van der Waals surface area contributed by atoms with E-state index in [1.807, 2.05) is 5.43 Å². The Morgan fingerprint density at radius 3 is 2.60 bits per heavy atom. The lowest BCUT2D eigenvalue weighted by molar-refractivity contribution is -0.388. The van der Waals surface area contributed by atoms with Crippen LogP contribution in [-0.4, -0.2) is 31.0 Å². The van der Waals surface area contributed by atoms with Gasteiger partial charge in [0.25, 0.3) is 15.7 Å². The molecule has 0 saturated carbocycles. The molecule has 0 fully saturated rings. The van der Waals surface area contributed by atoms with Crippen molar-refractivity contribution in [3.05, 3.63) is 33.9 Å². The number of nitrogens with zero attached hydrogens (tertiary/aromatic N) is 1. The van der Waals surface area contributed by atoms with Crippen molar-refractivity contribution in [3.8, 4) is 0 Å². The summed E-state index contributed by atoms with van der Waals surface area (Å²) in [6, 6.07) is 3.93. The first-order valence-electron chi connectivity index (χ1n) is 5.52. The number of nitro benzene ring substituents is 1. The van der Waals surface area contributed by atoms with Crippen LogP contribution in [0.2, 0.25) is 0 Å². The fourth-order valence-electron chi connectivity index (χ4n) is 1.54. The summed E-state index contributed by atoms with van der Waals surface area (Å²) in [4.78, 5) is 21.8. The molecule has 0 bridgehead atoms. The second-order valence-corrected chi connectivity index (χ2v) is 5.38. The standard InChI is InChI=1S/C10H13N3O6S/c1-2-7-4-3-5-8(10(7)13(16)17)20(18,19)12-11-6-9(14)15/h3-5,11-12H,2,6H2,1H3,(H,14,15). The maximum absolute atomic E-state index is 11.9. The summed E-state index contributed by atoms with van der Waals surface area (Å²) < 4.78 is 23.9. The average molecular weight is 303 g/mol. The number of aliphatic carboxylic acids is 1. The highest BCUT2D eigenvalue weighted by Gasteiger charge is 2.28. The molecule has 0 spiro atoms. The number of rotatable bonds is 7. The van der Waals surface area contributed by atoms with Gasteiger partial charge in [-0.15, -0.1) is 4.83 Å². The minimum absolute atomic E-state index is 0.274. The van der Waals surface area contributed by atoms with Gasteiger partial charge >= 0.3 is 5.97 Å². The fraction of sp³-hybridized carbons (Fsp3) is 0.300. The molecule has 0 aliphatic heterocycles. The summed E-state index contributed by atoms with van der Waals surface area (Å²) in [5, 5.41) is 19.4. The zero-order valence-electron chi connectivity index (χ0n) is 10.5. The van der Waals surface area contributed by atoms with Gasteiger partial charge < -0.3 is 5.11 Å². The first kappa shape index (κ1) is 16.0. The molecule has 20 heavy (non-hydrogen) atoms. The molecule has 0 aliphatic carbocycles. The van der Waals surface area contributed by atoms with Gasteiger partial charge in [-0.3, -0.25) is 14.9 Å². The average Bonchev–Trinajstić information content (AvgIpc) is 2.36. The number of carbonyl (C=O) groups is 1. The SMILES string of the molecule is CCc1cccc(S(=O)(=O)NNCC(=O)O)c1[N+](=O)[O-]. The van der Waals surface area contributed by atoms with E-state index in [1.165, 1.54) is 12.1 Å². The van der Waals surface area contributed by atoms with Crippen molar-refractivity contribution in [2.75, 3.05) is 6.54 Å². The predicted octanol–water partition coefficient (Wildman–Crippen LogP) is 0.0247. The fourth-order valence-corrected chi connectivity index (χ4v) is 2.63. The quantitative estimate of drug-likeness (QED) is 0.477. The predicted molar refractivity (Wildman–Crippen MR) is 68.4 cm³/mol. The number of hydrazine groups is 1. The Balaban J connectivity index is 3.18. The van der Waals surface area contributed by atoms with Crippen molar-refractivity contribution in [3.63, 3.8) is 0 Å². The van der Waals surface area contributed by atoms with Crippen LogP contribution < -0.4 is 10.3 Å². The molecule has 0 unspecified atom stereocenters. The molecule has 0 aromatic heterocycles. The molecular weight excluding hydrogens is 290 g/mol. The third-order valence-electron chi connectivity index (χ3n) is 2.38. The second kappa shape index (κ2) is 6.41. The Kier molecular flexibility index (Phi) is 5.13. The van der Waals surface area contributed by atoms with E-state index in [1.54, 1.807) is 11.8 Å². The maximum Gasteiger partial charge on any atom is 0.318 e. The molecule has 0 atom stereocenters. The van der Waals surface area contributed by atoms with Gasteiger partial charge in [0.2, 0.25) is 0 Å². The Labute approximate surface area is 114 Å². The molecule has 0 amide bonds. The van der Waals surface area contributed by atoms with Gasteiger partial charge in [-0.25, -0.2) is 13.8 Å². The second-order valence-electron chi connectivity index (χ2n) is 3.73. The Morgan fingerprint density at radius 1 is 1.45 bits per heavy atom. The molecule has 0 saturated heterocycles. The normalized spacial score (nSPS) is 11.2. The summed E-state index contributed by atoms with van der Waals surface area (Å²) in [7, 11) is -4.23. The number of sulfonamides is 1. The van der Waals surface area contributed by atoms with Crippen molar-refractivity contribution in [2.24, 2.45) is 0 Å². The van der Waals surface area contributed by atoms with E-state index < -0.39 is 38.0 Å². The van der Waals surface area contributed by atoms with Gasteiger partial charge in [-0.1, -0.05) is 19.1 Å². The molecule has 1 rings (SSSR count). The number of hydrogen-bond donors (Lipinski definition) is 3. The number of nitrogens with one attached hydrogen (secondary N) is 2. The molecule has 10 heteroatoms. The lowest BCUT2D eigenvalue weighted by Crippen LogP contribution is -2.40. The Hall–Kier alpha value is -2.04. The first-order chi connectivity index (χ1) is 9.29. The van der Waals surface area contributed by atoms with Crippen LogP contribution in [0.15, 0.2) is 23.1 Å². The number of carboxylic acid groups (broad SMARTS) is 1. The van der Waals surface area contributed by atoms with Crippen LogP contribution in [0.1, 0.15) is 12.5 Å². The third-order valence-corrected chi connectivity index (χ3v) is 3.70. The number of nitro groups is 1. The zero-order chi connectivity index (χ0) is 15.3. The number of aryl methyl sites for hydroxylation is 1. The van der Waals surface area contributed by atoms with Crippen LogP contribution in [-0.2, 0) is 21.2 Å². The summed E-state index contributed by atoms with van der Waals surface area (Å²) >= 11 is 0. The van der Waals surface area contributed by atoms with E-state index in [0.29, 0.717) is 6.42 Å². The number of hydrogen-bond acceptors (Lipinski definition) is 6. The van der Waals surface area contributed by atoms with E-state index >= 15 is 0 Å². The summed E-state index contributed by atoms with van der Waals surface area (Å²) in [5.41, 5.74) is 1.73. The van der Waals surface area contributed by atoms with Crippen molar-refractivity contribution in [1.82, 2.24) is 10.3 Å². The summed E-state index contributed by atoms with van der Waals surface area (Å²) in [6.45, 7) is 1.01. The van der Waals surface area contributed by atoms with E-state index in [0.717, 1.165) is 6.07 Å². The van der Waals surface area contributed by atoms with Crippen LogP contribution in [0, 0.1) is 10.1 Å². The maximum atomic E-state index is 11.9. The minimum Gasteiger partial charge on any atom is -0.480 e. The van der Waals surface area contributed by atoms with Crippen molar-refractivity contribution < 1.29 is 23.2 Å². The van der Waals surface area contributed by atoms with Crippen molar-refractivity contribution in [2.45, 2.75) is 18.2 Å². The molecule has 0 radical (unpaired) electrons. The van der Waals surface area contributed by atoms with Gasteiger partial charge in [-0.2, -0.15) is 0 Å². The smallest absolute Gasteiger partial charge is 0.318 e. The number of benzene rings is 1. The van der Waals surface area contributed by atoms with Crippen LogP contribution in [0.3, 0.4) is 0 Å². The molecule has 0 aliphatic rings. The monoisotopic (exact) mass is 303 g/mol. The largest absolute Gasteiger partial charge is 0.480 e. The van der Waals surface area contributed by atoms with E-state index in [2.05, 4.69) is 0 Å². The van der Waals surface area contributed by atoms with Crippen molar-refractivity contribution in [1.29, 1.82) is 0 Å². The highest BCUT2D eigenvalue weighted by Crippen LogP contribution is 2.27. The van der Waals surface area contributed by atoms with Crippen LogP contribution in [0.5, 0.6) is 0 Å². The molecule has 9 nitrogen and oxygen atoms in total. The van der Waals surface area contributed by atoms with Crippen LogP contribution in [0.25, 0.3) is 0 Å². The van der Waals surface area contributed by atoms with Gasteiger partial charge in [0.1, 0.15) is 6.54 Å². The molecule has 110 valence electrons.